The van der Waals surface area contributed by atoms with Crippen molar-refractivity contribution in [3.8, 4) is 6.07 Å². The number of hydrogen-bond donors (Lipinski definition) is 0. The van der Waals surface area contributed by atoms with Gasteiger partial charge in [0.25, 0.3) is 0 Å². The Morgan fingerprint density at radius 2 is 2.50 bits per heavy atom. The monoisotopic (exact) mass is 133 g/mol. The van der Waals surface area contributed by atoms with Crippen molar-refractivity contribution in [3.05, 3.63) is 29.7 Å². The minimum Gasteiger partial charge on any atom is -0.465 e. The van der Waals surface area contributed by atoms with Crippen molar-refractivity contribution >= 4 is 6.08 Å². The zero-order chi connectivity index (χ0) is 7.40. The topological polar surface area (TPSA) is 36.9 Å². The van der Waals surface area contributed by atoms with E-state index in [9.17, 15) is 0 Å². The van der Waals surface area contributed by atoms with Crippen LogP contribution in [0, 0.1) is 18.3 Å². The van der Waals surface area contributed by atoms with Crippen molar-refractivity contribution in [1.82, 2.24) is 0 Å². The van der Waals surface area contributed by atoms with Crippen LogP contribution >= 0.6 is 0 Å². The zero-order valence-electron chi connectivity index (χ0n) is 5.66. The highest BCUT2D eigenvalue weighted by atomic mass is 16.3. The standard InChI is InChI=1S/C8H7NO/c1-7-4-6-10-8(7)3-2-5-9/h2-4,6H,1H3/b3-2-. The SMILES string of the molecule is Cc1ccoc1/C=C\C#N. The second kappa shape index (κ2) is 2.88. The molecule has 0 N–H and O–H groups in total. The molecule has 0 unspecified atom stereocenters. The number of hydrogen-bond acceptors (Lipinski definition) is 2. The summed E-state index contributed by atoms with van der Waals surface area (Å²) >= 11 is 0. The Bertz CT molecular complexity index is 278. The van der Waals surface area contributed by atoms with E-state index in [4.69, 9.17) is 9.68 Å². The predicted molar refractivity (Wildman–Crippen MR) is 38.1 cm³/mol. The molecule has 0 bridgehead atoms. The van der Waals surface area contributed by atoms with Crippen LogP contribution in [0.5, 0.6) is 0 Å². The van der Waals surface area contributed by atoms with Crippen LogP contribution in [-0.2, 0) is 0 Å². The van der Waals surface area contributed by atoms with Gasteiger partial charge in [0.2, 0.25) is 0 Å². The highest BCUT2D eigenvalue weighted by Gasteiger charge is 1.93. The molecule has 0 atom stereocenters. The molecule has 0 aliphatic carbocycles. The highest BCUT2D eigenvalue weighted by molar-refractivity contribution is 5.49. The van der Waals surface area contributed by atoms with Crippen LogP contribution in [-0.4, -0.2) is 0 Å². The summed E-state index contributed by atoms with van der Waals surface area (Å²) in [4.78, 5) is 0. The summed E-state index contributed by atoms with van der Waals surface area (Å²) in [6.07, 6.45) is 4.65. The second-order valence-electron chi connectivity index (χ2n) is 1.93. The van der Waals surface area contributed by atoms with Crippen molar-refractivity contribution in [3.63, 3.8) is 0 Å². The lowest BCUT2D eigenvalue weighted by molar-refractivity contribution is 0.555. The Morgan fingerprint density at radius 1 is 1.70 bits per heavy atom. The van der Waals surface area contributed by atoms with E-state index < -0.39 is 0 Å². The highest BCUT2D eigenvalue weighted by Crippen LogP contribution is 2.09. The van der Waals surface area contributed by atoms with Crippen LogP contribution < -0.4 is 0 Å². The molecule has 2 heteroatoms. The third-order valence-electron chi connectivity index (χ3n) is 1.21. The summed E-state index contributed by atoms with van der Waals surface area (Å²) in [6.45, 7) is 1.93. The largest absolute Gasteiger partial charge is 0.465 e. The lowest BCUT2D eigenvalue weighted by Crippen LogP contribution is -1.67. The Balaban J connectivity index is 2.87. The van der Waals surface area contributed by atoms with Gasteiger partial charge in [-0.15, -0.1) is 0 Å². The van der Waals surface area contributed by atoms with Crippen molar-refractivity contribution < 1.29 is 4.42 Å². The Hall–Kier alpha value is -1.49. The second-order valence-corrected chi connectivity index (χ2v) is 1.93. The average Bonchev–Trinajstić information content (AvgIpc) is 2.31. The Kier molecular flexibility index (Phi) is 1.91. The summed E-state index contributed by atoms with van der Waals surface area (Å²) in [7, 11) is 0. The van der Waals surface area contributed by atoms with Gasteiger partial charge in [0, 0.05) is 6.08 Å². The van der Waals surface area contributed by atoms with E-state index in [1.807, 2.05) is 19.1 Å². The summed E-state index contributed by atoms with van der Waals surface area (Å²) in [5.74, 6) is 0.751. The first-order valence-corrected chi connectivity index (χ1v) is 2.95. The maximum atomic E-state index is 8.18. The third-order valence-corrected chi connectivity index (χ3v) is 1.21. The molecule has 0 fully saturated rings. The molecule has 1 rings (SSSR count). The van der Waals surface area contributed by atoms with E-state index in [0.717, 1.165) is 11.3 Å². The van der Waals surface area contributed by atoms with E-state index in [1.54, 1.807) is 12.3 Å². The van der Waals surface area contributed by atoms with Crippen LogP contribution in [0.2, 0.25) is 0 Å². The molecule has 0 aromatic carbocycles. The van der Waals surface area contributed by atoms with Gasteiger partial charge in [-0.2, -0.15) is 5.26 Å². The molecule has 50 valence electrons. The van der Waals surface area contributed by atoms with E-state index >= 15 is 0 Å². The molecule has 0 amide bonds. The van der Waals surface area contributed by atoms with Crippen molar-refractivity contribution in [1.29, 1.82) is 5.26 Å². The number of nitriles is 1. The molecule has 0 saturated heterocycles. The normalized spacial score (nSPS) is 10.0. The Morgan fingerprint density at radius 3 is 3.00 bits per heavy atom. The van der Waals surface area contributed by atoms with Crippen LogP contribution in [0.25, 0.3) is 6.08 Å². The maximum Gasteiger partial charge on any atom is 0.130 e. The quantitative estimate of drug-likeness (QED) is 0.550. The number of allylic oxidation sites excluding steroid dienone is 1. The molecule has 0 aliphatic rings. The minimum atomic E-state index is 0.751. The zero-order valence-corrected chi connectivity index (χ0v) is 5.66. The van der Waals surface area contributed by atoms with Crippen LogP contribution in [0.1, 0.15) is 11.3 Å². The first-order valence-electron chi connectivity index (χ1n) is 2.95. The average molecular weight is 133 g/mol. The van der Waals surface area contributed by atoms with E-state index in [1.165, 1.54) is 6.08 Å². The third kappa shape index (κ3) is 1.26. The van der Waals surface area contributed by atoms with Gasteiger partial charge < -0.3 is 4.42 Å². The molecule has 2 nitrogen and oxygen atoms in total. The molecule has 0 aliphatic heterocycles. The number of aryl methyl sites for hydroxylation is 1. The van der Waals surface area contributed by atoms with E-state index in [-0.39, 0.29) is 0 Å². The molecule has 0 radical (unpaired) electrons. The lowest BCUT2D eigenvalue weighted by Gasteiger charge is -1.83. The molecule has 1 heterocycles. The maximum absolute atomic E-state index is 8.18. The van der Waals surface area contributed by atoms with Crippen LogP contribution in [0.15, 0.2) is 22.8 Å². The van der Waals surface area contributed by atoms with Gasteiger partial charge in [0.05, 0.1) is 12.3 Å². The first-order chi connectivity index (χ1) is 4.84. The van der Waals surface area contributed by atoms with Gasteiger partial charge in [0.1, 0.15) is 5.76 Å². The molecule has 1 aromatic heterocycles. The summed E-state index contributed by atoms with van der Waals surface area (Å²) in [6, 6.07) is 3.75. The van der Waals surface area contributed by atoms with Gasteiger partial charge in [-0.1, -0.05) is 0 Å². The first kappa shape index (κ1) is 6.63. The summed E-state index contributed by atoms with van der Waals surface area (Å²) < 4.78 is 5.03. The van der Waals surface area contributed by atoms with Gasteiger partial charge in [-0.3, -0.25) is 0 Å². The minimum absolute atomic E-state index is 0.751. The van der Waals surface area contributed by atoms with Crippen molar-refractivity contribution in [2.75, 3.05) is 0 Å². The van der Waals surface area contributed by atoms with E-state index in [0.29, 0.717) is 0 Å². The van der Waals surface area contributed by atoms with Crippen molar-refractivity contribution in [2.45, 2.75) is 6.92 Å². The number of nitrogens with zero attached hydrogens (tertiary/aromatic N) is 1. The Labute approximate surface area is 59.4 Å². The number of furan rings is 1. The van der Waals surface area contributed by atoms with Crippen LogP contribution in [0.3, 0.4) is 0 Å². The van der Waals surface area contributed by atoms with Crippen molar-refractivity contribution in [2.24, 2.45) is 0 Å². The molecular weight excluding hydrogens is 126 g/mol. The lowest BCUT2D eigenvalue weighted by atomic mass is 10.3. The van der Waals surface area contributed by atoms with Gasteiger partial charge in [0.15, 0.2) is 0 Å². The fraction of sp³-hybridized carbons (Fsp3) is 0.125. The summed E-state index contributed by atoms with van der Waals surface area (Å²) in [5.41, 5.74) is 1.05. The smallest absolute Gasteiger partial charge is 0.130 e. The molecule has 10 heavy (non-hydrogen) atoms. The van der Waals surface area contributed by atoms with Gasteiger partial charge >= 0.3 is 0 Å². The van der Waals surface area contributed by atoms with Gasteiger partial charge in [-0.05, 0) is 24.6 Å². The predicted octanol–water partition coefficient (Wildman–Crippen LogP) is 2.12. The molecule has 1 aromatic rings. The van der Waals surface area contributed by atoms with Crippen LogP contribution in [0.4, 0.5) is 0 Å². The fourth-order valence-corrected chi connectivity index (χ4v) is 0.668. The molecule has 0 spiro atoms. The fourth-order valence-electron chi connectivity index (χ4n) is 0.668. The summed E-state index contributed by atoms with van der Waals surface area (Å²) in [5, 5.41) is 8.18. The van der Waals surface area contributed by atoms with Gasteiger partial charge in [-0.25, -0.2) is 0 Å². The number of rotatable bonds is 1. The molecule has 0 saturated carbocycles. The van der Waals surface area contributed by atoms with E-state index in [2.05, 4.69) is 0 Å². The molecular formula is C8H7NO.